The smallest absolute Gasteiger partial charge is 0.224 e. The molecule has 0 saturated heterocycles. The van der Waals surface area contributed by atoms with Crippen molar-refractivity contribution in [3.05, 3.63) is 48.5 Å². The SMILES string of the molecule is CCC(=O)Nc1ccc(OCCNCC(O)COc2ccc(NC(C)=O)cc2)cc1. The molecule has 4 N–H and O–H groups in total. The molecule has 2 aromatic carbocycles. The van der Waals surface area contributed by atoms with Crippen LogP contribution in [0.3, 0.4) is 0 Å². The van der Waals surface area contributed by atoms with Crippen LogP contribution in [0, 0.1) is 0 Å². The molecule has 2 rings (SSSR count). The Morgan fingerprint density at radius 1 is 0.933 bits per heavy atom. The first-order chi connectivity index (χ1) is 14.5. The Kier molecular flexibility index (Phi) is 9.63. The van der Waals surface area contributed by atoms with Crippen molar-refractivity contribution in [2.24, 2.45) is 0 Å². The molecular weight excluding hydrogens is 386 g/mol. The number of amides is 2. The Labute approximate surface area is 176 Å². The van der Waals surface area contributed by atoms with Gasteiger partial charge < -0.3 is 30.5 Å². The minimum atomic E-state index is -0.665. The highest BCUT2D eigenvalue weighted by Gasteiger charge is 2.06. The van der Waals surface area contributed by atoms with Crippen molar-refractivity contribution in [2.45, 2.75) is 26.4 Å². The molecule has 1 unspecified atom stereocenters. The van der Waals surface area contributed by atoms with Gasteiger partial charge >= 0.3 is 0 Å². The average Bonchev–Trinajstić information content (AvgIpc) is 2.73. The van der Waals surface area contributed by atoms with E-state index in [4.69, 9.17) is 9.47 Å². The van der Waals surface area contributed by atoms with Crippen LogP contribution in [0.1, 0.15) is 20.3 Å². The average molecular weight is 415 g/mol. The van der Waals surface area contributed by atoms with Gasteiger partial charge in [0, 0.05) is 37.8 Å². The van der Waals surface area contributed by atoms with Crippen molar-refractivity contribution < 1.29 is 24.2 Å². The first-order valence-electron chi connectivity index (χ1n) is 9.88. The number of anilines is 2. The summed E-state index contributed by atoms with van der Waals surface area (Å²) < 4.78 is 11.2. The van der Waals surface area contributed by atoms with Crippen molar-refractivity contribution in [3.8, 4) is 11.5 Å². The van der Waals surface area contributed by atoms with Crippen LogP contribution in [0.5, 0.6) is 11.5 Å². The Balaban J connectivity index is 1.58. The van der Waals surface area contributed by atoms with E-state index in [2.05, 4.69) is 16.0 Å². The maximum Gasteiger partial charge on any atom is 0.224 e. The van der Waals surface area contributed by atoms with Crippen molar-refractivity contribution in [1.82, 2.24) is 5.32 Å². The van der Waals surface area contributed by atoms with E-state index in [-0.39, 0.29) is 18.4 Å². The number of carbonyl (C=O) groups excluding carboxylic acids is 2. The van der Waals surface area contributed by atoms with Crippen LogP contribution >= 0.6 is 0 Å². The van der Waals surface area contributed by atoms with Crippen LogP contribution in [-0.4, -0.2) is 49.3 Å². The summed E-state index contributed by atoms with van der Waals surface area (Å²) in [7, 11) is 0. The molecule has 2 amide bonds. The van der Waals surface area contributed by atoms with Gasteiger partial charge in [-0.05, 0) is 48.5 Å². The molecule has 8 heteroatoms. The molecule has 2 aromatic rings. The molecule has 0 radical (unpaired) electrons. The minimum Gasteiger partial charge on any atom is -0.492 e. The quantitative estimate of drug-likeness (QED) is 0.397. The second-order valence-corrected chi connectivity index (χ2v) is 6.65. The lowest BCUT2D eigenvalue weighted by Gasteiger charge is -2.14. The van der Waals surface area contributed by atoms with Crippen molar-refractivity contribution in [3.63, 3.8) is 0 Å². The van der Waals surface area contributed by atoms with E-state index in [1.165, 1.54) is 6.92 Å². The summed E-state index contributed by atoms with van der Waals surface area (Å²) in [6.45, 7) is 4.78. The van der Waals surface area contributed by atoms with Gasteiger partial charge in [0.05, 0.1) is 0 Å². The van der Waals surface area contributed by atoms with Gasteiger partial charge in [0.1, 0.15) is 30.8 Å². The van der Waals surface area contributed by atoms with Gasteiger partial charge in [0.25, 0.3) is 0 Å². The molecule has 8 nitrogen and oxygen atoms in total. The molecule has 0 heterocycles. The zero-order valence-corrected chi connectivity index (χ0v) is 17.3. The standard InChI is InChI=1S/C22H29N3O5/c1-3-22(28)25-18-6-8-20(9-7-18)29-13-12-23-14-19(27)15-30-21-10-4-17(5-11-21)24-16(2)26/h4-11,19,23,27H,3,12-15H2,1-2H3,(H,24,26)(H,25,28). The second-order valence-electron chi connectivity index (χ2n) is 6.65. The van der Waals surface area contributed by atoms with Gasteiger partial charge in [-0.2, -0.15) is 0 Å². The summed E-state index contributed by atoms with van der Waals surface area (Å²) in [5.41, 5.74) is 1.43. The molecule has 1 atom stereocenters. The molecule has 162 valence electrons. The second kappa shape index (κ2) is 12.5. The van der Waals surface area contributed by atoms with Crippen LogP contribution in [0.4, 0.5) is 11.4 Å². The molecule has 0 aliphatic carbocycles. The highest BCUT2D eigenvalue weighted by atomic mass is 16.5. The predicted molar refractivity (Wildman–Crippen MR) is 116 cm³/mol. The van der Waals surface area contributed by atoms with Crippen molar-refractivity contribution >= 4 is 23.2 Å². The number of hydrogen-bond donors (Lipinski definition) is 4. The van der Waals surface area contributed by atoms with Gasteiger partial charge in [-0.3, -0.25) is 9.59 Å². The van der Waals surface area contributed by atoms with Crippen molar-refractivity contribution in [1.29, 1.82) is 0 Å². The third kappa shape index (κ3) is 8.93. The van der Waals surface area contributed by atoms with Crippen LogP contribution in [0.2, 0.25) is 0 Å². The van der Waals surface area contributed by atoms with Crippen LogP contribution in [0.15, 0.2) is 48.5 Å². The Bertz CT molecular complexity index is 793. The van der Waals surface area contributed by atoms with Gasteiger partial charge in [0.15, 0.2) is 0 Å². The highest BCUT2D eigenvalue weighted by Crippen LogP contribution is 2.16. The third-order valence-corrected chi connectivity index (χ3v) is 4.00. The molecule has 0 bridgehead atoms. The monoisotopic (exact) mass is 415 g/mol. The molecular formula is C22H29N3O5. The van der Waals surface area contributed by atoms with E-state index in [0.717, 1.165) is 5.69 Å². The van der Waals surface area contributed by atoms with E-state index in [9.17, 15) is 14.7 Å². The van der Waals surface area contributed by atoms with Crippen molar-refractivity contribution in [2.75, 3.05) is 36.9 Å². The number of hydrogen-bond acceptors (Lipinski definition) is 6. The lowest BCUT2D eigenvalue weighted by atomic mass is 10.3. The topological polar surface area (TPSA) is 109 Å². The fourth-order valence-corrected chi connectivity index (χ4v) is 2.48. The summed E-state index contributed by atoms with van der Waals surface area (Å²) in [6.07, 6.45) is -0.229. The number of carbonyl (C=O) groups is 2. The highest BCUT2D eigenvalue weighted by molar-refractivity contribution is 5.90. The molecule has 0 fully saturated rings. The number of aliphatic hydroxyl groups is 1. The van der Waals surface area contributed by atoms with Crippen LogP contribution < -0.4 is 25.4 Å². The predicted octanol–water partition coefficient (Wildman–Crippen LogP) is 2.40. The fraction of sp³-hybridized carbons (Fsp3) is 0.364. The number of benzene rings is 2. The minimum absolute atomic E-state index is 0.0302. The van der Waals surface area contributed by atoms with Crippen LogP contribution in [0.25, 0.3) is 0 Å². The van der Waals surface area contributed by atoms with E-state index in [1.807, 2.05) is 0 Å². The van der Waals surface area contributed by atoms with E-state index >= 15 is 0 Å². The Hall–Kier alpha value is -3.10. The Morgan fingerprint density at radius 3 is 2.07 bits per heavy atom. The molecule has 30 heavy (non-hydrogen) atoms. The summed E-state index contributed by atoms with van der Waals surface area (Å²) in [6, 6.07) is 14.1. The van der Waals surface area contributed by atoms with E-state index in [0.29, 0.717) is 43.3 Å². The van der Waals surface area contributed by atoms with Gasteiger partial charge in [-0.25, -0.2) is 0 Å². The summed E-state index contributed by atoms with van der Waals surface area (Å²) >= 11 is 0. The lowest BCUT2D eigenvalue weighted by Crippen LogP contribution is -2.33. The fourth-order valence-electron chi connectivity index (χ4n) is 2.48. The van der Waals surface area contributed by atoms with Gasteiger partial charge in [0.2, 0.25) is 11.8 Å². The molecule has 0 spiro atoms. The van der Waals surface area contributed by atoms with Gasteiger partial charge in [-0.1, -0.05) is 6.92 Å². The summed E-state index contributed by atoms with van der Waals surface area (Å²) in [5.74, 6) is 1.16. The first-order valence-corrected chi connectivity index (χ1v) is 9.88. The largest absolute Gasteiger partial charge is 0.492 e. The van der Waals surface area contributed by atoms with E-state index < -0.39 is 6.10 Å². The molecule has 0 aliphatic heterocycles. The number of nitrogens with one attached hydrogen (secondary N) is 3. The zero-order chi connectivity index (χ0) is 21.8. The maximum atomic E-state index is 11.3. The van der Waals surface area contributed by atoms with Gasteiger partial charge in [-0.15, -0.1) is 0 Å². The van der Waals surface area contributed by atoms with Crippen LogP contribution in [-0.2, 0) is 9.59 Å². The Morgan fingerprint density at radius 2 is 1.50 bits per heavy atom. The lowest BCUT2D eigenvalue weighted by molar-refractivity contribution is -0.116. The third-order valence-electron chi connectivity index (χ3n) is 4.00. The molecule has 0 aliphatic rings. The number of aliphatic hydroxyl groups excluding tert-OH is 1. The summed E-state index contributed by atoms with van der Waals surface area (Å²) in [5, 5.41) is 18.6. The normalized spacial score (nSPS) is 11.4. The first kappa shape index (κ1) is 23.2. The maximum absolute atomic E-state index is 11.3. The summed E-state index contributed by atoms with van der Waals surface area (Å²) in [4.78, 5) is 22.3. The number of ether oxygens (including phenoxy) is 2. The molecule has 0 saturated carbocycles. The number of rotatable bonds is 12. The molecule has 0 aromatic heterocycles. The zero-order valence-electron chi connectivity index (χ0n) is 17.3. The van der Waals surface area contributed by atoms with E-state index in [1.54, 1.807) is 55.5 Å².